The van der Waals surface area contributed by atoms with Gasteiger partial charge < -0.3 is 19.7 Å². The molecule has 2 heterocycles. The van der Waals surface area contributed by atoms with Crippen LogP contribution in [0.15, 0.2) is 24.3 Å². The quantitative estimate of drug-likeness (QED) is 0.549. The van der Waals surface area contributed by atoms with Crippen molar-refractivity contribution in [2.75, 3.05) is 26.4 Å². The Hall–Kier alpha value is -2.50. The Bertz CT molecular complexity index is 716. The summed E-state index contributed by atoms with van der Waals surface area (Å²) >= 11 is 0. The summed E-state index contributed by atoms with van der Waals surface area (Å²) in [7, 11) is 0. The van der Waals surface area contributed by atoms with E-state index in [2.05, 4.69) is 12.2 Å². The molecule has 6 nitrogen and oxygen atoms in total. The molecule has 1 unspecified atom stereocenters. The molecule has 2 aliphatic rings. The first-order chi connectivity index (χ1) is 13.7. The van der Waals surface area contributed by atoms with Crippen LogP contribution in [0, 0.1) is 5.92 Å². The van der Waals surface area contributed by atoms with Crippen molar-refractivity contribution < 1.29 is 19.1 Å². The van der Waals surface area contributed by atoms with Crippen LogP contribution >= 0.6 is 0 Å². The summed E-state index contributed by atoms with van der Waals surface area (Å²) < 4.78 is 10.7. The smallest absolute Gasteiger partial charge is 0.246 e. The predicted octanol–water partition coefficient (Wildman–Crippen LogP) is 3.36. The number of carbonyl (C=O) groups excluding carboxylic acids is 2. The minimum atomic E-state index is -0.109. The van der Waals surface area contributed by atoms with Crippen LogP contribution in [0.5, 0.6) is 11.5 Å². The van der Waals surface area contributed by atoms with Gasteiger partial charge in [0.1, 0.15) is 0 Å². The zero-order chi connectivity index (χ0) is 19.8. The summed E-state index contributed by atoms with van der Waals surface area (Å²) in [5, 5.41) is 3.03. The second-order valence-corrected chi connectivity index (χ2v) is 7.42. The van der Waals surface area contributed by atoms with Gasteiger partial charge in [-0.15, -0.1) is 0 Å². The Morgan fingerprint density at radius 1 is 1.21 bits per heavy atom. The number of unbranched alkanes of at least 4 members (excludes halogenated alkanes) is 3. The molecule has 28 heavy (non-hydrogen) atoms. The number of likely N-dealkylation sites (tertiary alicyclic amines) is 1. The molecule has 0 saturated carbocycles. The van der Waals surface area contributed by atoms with Gasteiger partial charge in [0, 0.05) is 25.7 Å². The Labute approximate surface area is 166 Å². The van der Waals surface area contributed by atoms with Crippen molar-refractivity contribution in [1.29, 1.82) is 0 Å². The molecule has 3 rings (SSSR count). The van der Waals surface area contributed by atoms with Crippen molar-refractivity contribution >= 4 is 17.9 Å². The average Bonchev–Trinajstić information content (AvgIpc) is 3.19. The molecule has 0 aromatic heterocycles. The van der Waals surface area contributed by atoms with E-state index >= 15 is 0 Å². The normalized spacial score (nSPS) is 18.5. The molecule has 0 bridgehead atoms. The van der Waals surface area contributed by atoms with Crippen LogP contribution in [0.1, 0.15) is 51.0 Å². The first-order valence-corrected chi connectivity index (χ1v) is 10.3. The monoisotopic (exact) mass is 386 g/mol. The molecule has 1 N–H and O–H groups in total. The lowest BCUT2D eigenvalue weighted by Crippen LogP contribution is -2.45. The van der Waals surface area contributed by atoms with E-state index in [4.69, 9.17) is 9.47 Å². The zero-order valence-corrected chi connectivity index (χ0v) is 16.6. The molecular formula is C22H30N2O4. The van der Waals surface area contributed by atoms with Gasteiger partial charge in [0.15, 0.2) is 11.5 Å². The number of nitrogens with one attached hydrogen (secondary N) is 1. The van der Waals surface area contributed by atoms with Crippen molar-refractivity contribution in [1.82, 2.24) is 10.2 Å². The van der Waals surface area contributed by atoms with Crippen molar-refractivity contribution in [3.8, 4) is 11.5 Å². The minimum absolute atomic E-state index is 0.0573. The first-order valence-electron chi connectivity index (χ1n) is 10.3. The van der Waals surface area contributed by atoms with Gasteiger partial charge in [0.2, 0.25) is 18.6 Å². The predicted molar refractivity (Wildman–Crippen MR) is 108 cm³/mol. The fourth-order valence-corrected chi connectivity index (χ4v) is 3.59. The number of ether oxygens (including phenoxy) is 2. The fraction of sp³-hybridized carbons (Fsp3) is 0.545. The van der Waals surface area contributed by atoms with E-state index < -0.39 is 0 Å². The molecule has 1 aromatic carbocycles. The second kappa shape index (κ2) is 10.2. The van der Waals surface area contributed by atoms with Crippen LogP contribution in [0.2, 0.25) is 0 Å². The van der Waals surface area contributed by atoms with E-state index in [1.54, 1.807) is 17.1 Å². The van der Waals surface area contributed by atoms with Crippen LogP contribution < -0.4 is 14.8 Å². The summed E-state index contributed by atoms with van der Waals surface area (Å²) in [6.45, 7) is 4.33. The number of hydrogen-bond acceptors (Lipinski definition) is 4. The molecule has 0 aliphatic carbocycles. The molecular weight excluding hydrogens is 356 g/mol. The number of rotatable bonds is 8. The maximum Gasteiger partial charge on any atom is 0.246 e. The van der Waals surface area contributed by atoms with Crippen LogP contribution in [0.25, 0.3) is 6.08 Å². The Morgan fingerprint density at radius 3 is 2.93 bits per heavy atom. The third-order valence-corrected chi connectivity index (χ3v) is 5.25. The van der Waals surface area contributed by atoms with Crippen LogP contribution in [-0.2, 0) is 9.59 Å². The minimum Gasteiger partial charge on any atom is -0.454 e. The average molecular weight is 386 g/mol. The summed E-state index contributed by atoms with van der Waals surface area (Å²) in [4.78, 5) is 26.7. The standard InChI is InChI=1S/C22H30N2O4/c1-2-3-4-5-12-23-22(26)18-7-6-13-24(15-18)21(25)11-9-17-8-10-19-20(14-17)28-16-27-19/h8-11,14,18H,2-7,12-13,15-16H2,1H3,(H,23,26). The van der Waals surface area contributed by atoms with Crippen molar-refractivity contribution in [3.05, 3.63) is 29.8 Å². The topological polar surface area (TPSA) is 67.9 Å². The van der Waals surface area contributed by atoms with E-state index in [1.165, 1.54) is 12.8 Å². The fourth-order valence-electron chi connectivity index (χ4n) is 3.59. The maximum absolute atomic E-state index is 12.6. The van der Waals surface area contributed by atoms with Crippen LogP contribution in [0.4, 0.5) is 0 Å². The number of benzene rings is 1. The Morgan fingerprint density at radius 2 is 2.07 bits per heavy atom. The summed E-state index contributed by atoms with van der Waals surface area (Å²) in [5.74, 6) is 1.33. The van der Waals surface area contributed by atoms with Crippen molar-refractivity contribution in [2.24, 2.45) is 5.92 Å². The second-order valence-electron chi connectivity index (χ2n) is 7.42. The zero-order valence-electron chi connectivity index (χ0n) is 16.6. The van der Waals surface area contributed by atoms with E-state index in [-0.39, 0.29) is 24.5 Å². The van der Waals surface area contributed by atoms with Gasteiger partial charge in [0.05, 0.1) is 5.92 Å². The lowest BCUT2D eigenvalue weighted by atomic mass is 9.97. The molecule has 1 aromatic rings. The van der Waals surface area contributed by atoms with Crippen LogP contribution in [-0.4, -0.2) is 43.1 Å². The maximum atomic E-state index is 12.6. The number of fused-ring (bicyclic) bond motifs is 1. The molecule has 0 radical (unpaired) electrons. The Balaban J connectivity index is 1.48. The highest BCUT2D eigenvalue weighted by atomic mass is 16.7. The lowest BCUT2D eigenvalue weighted by molar-refractivity contribution is -0.132. The number of carbonyl (C=O) groups is 2. The number of piperidine rings is 1. The van der Waals surface area contributed by atoms with Gasteiger partial charge in [-0.1, -0.05) is 32.3 Å². The number of hydrogen-bond donors (Lipinski definition) is 1. The van der Waals surface area contributed by atoms with Crippen LogP contribution in [0.3, 0.4) is 0 Å². The van der Waals surface area contributed by atoms with Gasteiger partial charge in [-0.05, 0) is 43.0 Å². The summed E-state index contributed by atoms with van der Waals surface area (Å²) in [6, 6.07) is 5.59. The molecule has 6 heteroatoms. The summed E-state index contributed by atoms with van der Waals surface area (Å²) in [6.07, 6.45) is 9.62. The van der Waals surface area contributed by atoms with Gasteiger partial charge in [-0.25, -0.2) is 0 Å². The molecule has 1 fully saturated rings. The molecule has 1 atom stereocenters. The number of amides is 2. The lowest BCUT2D eigenvalue weighted by Gasteiger charge is -2.31. The van der Waals surface area contributed by atoms with E-state index in [0.29, 0.717) is 18.8 Å². The SMILES string of the molecule is CCCCCCNC(=O)C1CCCN(C(=O)C=Cc2ccc3c(c2)OCO3)C1. The van der Waals surface area contributed by atoms with E-state index in [1.807, 2.05) is 18.2 Å². The first kappa shape index (κ1) is 20.2. The van der Waals surface area contributed by atoms with Gasteiger partial charge in [-0.2, -0.15) is 0 Å². The van der Waals surface area contributed by atoms with E-state index in [9.17, 15) is 9.59 Å². The van der Waals surface area contributed by atoms with Gasteiger partial charge in [-0.3, -0.25) is 9.59 Å². The molecule has 0 spiro atoms. The molecule has 2 aliphatic heterocycles. The number of nitrogens with zero attached hydrogens (tertiary/aromatic N) is 1. The third kappa shape index (κ3) is 5.50. The Kier molecular flexibility index (Phi) is 7.34. The highest BCUT2D eigenvalue weighted by Crippen LogP contribution is 2.32. The third-order valence-electron chi connectivity index (χ3n) is 5.25. The molecule has 2 amide bonds. The molecule has 1 saturated heterocycles. The van der Waals surface area contributed by atoms with E-state index in [0.717, 1.165) is 43.5 Å². The molecule has 152 valence electrons. The van der Waals surface area contributed by atoms with Crippen molar-refractivity contribution in [2.45, 2.75) is 45.4 Å². The highest BCUT2D eigenvalue weighted by molar-refractivity contribution is 5.92. The van der Waals surface area contributed by atoms with Gasteiger partial charge in [0.25, 0.3) is 0 Å². The highest BCUT2D eigenvalue weighted by Gasteiger charge is 2.27. The van der Waals surface area contributed by atoms with Gasteiger partial charge >= 0.3 is 0 Å². The van der Waals surface area contributed by atoms with Crippen molar-refractivity contribution in [3.63, 3.8) is 0 Å². The largest absolute Gasteiger partial charge is 0.454 e. The summed E-state index contributed by atoms with van der Waals surface area (Å²) in [5.41, 5.74) is 0.885.